The maximum atomic E-state index is 13.8. The fourth-order valence-corrected chi connectivity index (χ4v) is 4.16. The SMILES string of the molecule is Cn1ccc2ncnc(Oc3ccc(NC(=O)Nc4ccc(N5CCOCC5)c(C(F)(F)F)c4)c(O)c3)c21. The predicted octanol–water partition coefficient (Wildman–Crippen LogP) is 4.97. The number of carbonyl (C=O) groups is 1. The van der Waals surface area contributed by atoms with E-state index in [4.69, 9.17) is 9.47 Å². The molecule has 2 aromatic carbocycles. The second-order valence-corrected chi connectivity index (χ2v) is 8.53. The van der Waals surface area contributed by atoms with Gasteiger partial charge in [-0.1, -0.05) is 0 Å². The number of aromatic nitrogens is 3. The molecule has 0 radical (unpaired) electrons. The molecular formula is C25H23F3N6O4. The van der Waals surface area contributed by atoms with Crippen LogP contribution in [0, 0.1) is 0 Å². The van der Waals surface area contributed by atoms with Crippen LogP contribution >= 0.6 is 0 Å². The lowest BCUT2D eigenvalue weighted by Gasteiger charge is -2.31. The fourth-order valence-electron chi connectivity index (χ4n) is 4.16. The molecule has 0 unspecified atom stereocenters. The lowest BCUT2D eigenvalue weighted by molar-refractivity contribution is -0.137. The molecule has 1 fully saturated rings. The molecule has 1 aliphatic heterocycles. The van der Waals surface area contributed by atoms with Gasteiger partial charge >= 0.3 is 12.2 Å². The minimum absolute atomic E-state index is 0.0243. The van der Waals surface area contributed by atoms with Gasteiger partial charge in [0, 0.05) is 43.8 Å². The second-order valence-electron chi connectivity index (χ2n) is 8.53. The molecule has 0 saturated carbocycles. The highest BCUT2D eigenvalue weighted by Crippen LogP contribution is 2.39. The number of benzene rings is 2. The Balaban J connectivity index is 1.29. The van der Waals surface area contributed by atoms with Crippen molar-refractivity contribution >= 4 is 34.1 Å². The summed E-state index contributed by atoms with van der Waals surface area (Å²) in [5.74, 6) is 0.220. The van der Waals surface area contributed by atoms with E-state index in [1.54, 1.807) is 15.5 Å². The Morgan fingerprint density at radius 1 is 1.08 bits per heavy atom. The normalized spacial score (nSPS) is 13.9. The number of aryl methyl sites for hydroxylation is 1. The number of nitrogens with one attached hydrogen (secondary N) is 2. The quantitative estimate of drug-likeness (QED) is 0.314. The first-order chi connectivity index (χ1) is 18.2. The number of rotatable bonds is 5. The van der Waals surface area contributed by atoms with E-state index in [0.717, 1.165) is 6.07 Å². The molecule has 1 saturated heterocycles. The molecule has 38 heavy (non-hydrogen) atoms. The largest absolute Gasteiger partial charge is 0.506 e. The fraction of sp³-hybridized carbons (Fsp3) is 0.240. The van der Waals surface area contributed by atoms with Gasteiger partial charge in [-0.2, -0.15) is 18.2 Å². The lowest BCUT2D eigenvalue weighted by atomic mass is 10.1. The maximum Gasteiger partial charge on any atom is 0.418 e. The van der Waals surface area contributed by atoms with Gasteiger partial charge < -0.3 is 34.7 Å². The van der Waals surface area contributed by atoms with E-state index in [9.17, 15) is 23.1 Å². The molecule has 4 aromatic rings. The van der Waals surface area contributed by atoms with Gasteiger partial charge in [0.15, 0.2) is 0 Å². The van der Waals surface area contributed by atoms with Crippen molar-refractivity contribution in [1.82, 2.24) is 14.5 Å². The van der Waals surface area contributed by atoms with Crippen molar-refractivity contribution in [2.24, 2.45) is 7.05 Å². The first-order valence-electron chi connectivity index (χ1n) is 11.6. The number of ether oxygens (including phenoxy) is 2. The molecule has 2 amide bonds. The summed E-state index contributed by atoms with van der Waals surface area (Å²) in [5.41, 5.74) is 0.480. The van der Waals surface area contributed by atoms with E-state index >= 15 is 0 Å². The topological polar surface area (TPSA) is 114 Å². The Morgan fingerprint density at radius 2 is 1.87 bits per heavy atom. The predicted molar refractivity (Wildman–Crippen MR) is 134 cm³/mol. The summed E-state index contributed by atoms with van der Waals surface area (Å²) in [7, 11) is 1.81. The summed E-state index contributed by atoms with van der Waals surface area (Å²) in [6.07, 6.45) is -1.46. The molecule has 13 heteroatoms. The molecule has 0 bridgehead atoms. The number of alkyl halides is 3. The molecule has 5 rings (SSSR count). The van der Waals surface area contributed by atoms with Crippen LogP contribution in [-0.4, -0.2) is 52.0 Å². The van der Waals surface area contributed by atoms with Crippen molar-refractivity contribution in [1.29, 1.82) is 0 Å². The maximum absolute atomic E-state index is 13.8. The summed E-state index contributed by atoms with van der Waals surface area (Å²) in [6.45, 7) is 1.34. The Hall–Kier alpha value is -4.52. The number of hydrogen-bond donors (Lipinski definition) is 3. The summed E-state index contributed by atoms with van der Waals surface area (Å²) in [5, 5.41) is 15.2. The van der Waals surface area contributed by atoms with Crippen LogP contribution in [0.25, 0.3) is 11.0 Å². The first-order valence-corrected chi connectivity index (χ1v) is 11.6. The molecule has 10 nitrogen and oxygen atoms in total. The highest BCUT2D eigenvalue weighted by molar-refractivity contribution is 6.01. The van der Waals surface area contributed by atoms with Gasteiger partial charge in [-0.25, -0.2) is 9.78 Å². The number of amides is 2. The van der Waals surface area contributed by atoms with Crippen LogP contribution in [0.15, 0.2) is 55.0 Å². The molecule has 0 atom stereocenters. The average Bonchev–Trinajstić information content (AvgIpc) is 3.27. The van der Waals surface area contributed by atoms with Crippen molar-refractivity contribution in [3.63, 3.8) is 0 Å². The van der Waals surface area contributed by atoms with E-state index < -0.39 is 17.8 Å². The van der Waals surface area contributed by atoms with Crippen LogP contribution in [0.2, 0.25) is 0 Å². The number of morpholine rings is 1. The monoisotopic (exact) mass is 528 g/mol. The zero-order chi connectivity index (χ0) is 26.9. The number of anilines is 3. The lowest BCUT2D eigenvalue weighted by Crippen LogP contribution is -2.37. The first kappa shape index (κ1) is 25.1. The van der Waals surface area contributed by atoms with Crippen molar-refractivity contribution < 1.29 is 32.5 Å². The van der Waals surface area contributed by atoms with Crippen LogP contribution in [0.1, 0.15) is 5.56 Å². The highest BCUT2D eigenvalue weighted by Gasteiger charge is 2.35. The van der Waals surface area contributed by atoms with Gasteiger partial charge in [-0.3, -0.25) is 0 Å². The van der Waals surface area contributed by atoms with E-state index in [1.807, 2.05) is 13.2 Å². The molecule has 0 spiro atoms. The molecule has 3 heterocycles. The standard InChI is InChI=1S/C25H23F3N6O4/c1-33-7-6-19-22(33)23(30-14-29-19)38-16-3-4-18(21(35)13-16)32-24(36)31-15-2-5-20(17(12-15)25(26,27)28)34-8-10-37-11-9-34/h2-7,12-14,35H,8-11H2,1H3,(H2,31,32,36). The van der Waals surface area contributed by atoms with Crippen LogP contribution in [0.3, 0.4) is 0 Å². The van der Waals surface area contributed by atoms with Crippen LogP contribution in [-0.2, 0) is 18.0 Å². The summed E-state index contributed by atoms with van der Waals surface area (Å²) in [6, 6.07) is 8.76. The number of fused-ring (bicyclic) bond motifs is 1. The number of phenolic OH excluding ortho intramolecular Hbond substituents is 1. The average molecular weight is 528 g/mol. The summed E-state index contributed by atoms with van der Waals surface area (Å²) in [4.78, 5) is 22.4. The van der Waals surface area contributed by atoms with Crippen molar-refractivity contribution in [3.05, 3.63) is 60.6 Å². The van der Waals surface area contributed by atoms with Crippen LogP contribution in [0.5, 0.6) is 17.4 Å². The van der Waals surface area contributed by atoms with Crippen molar-refractivity contribution in [3.8, 4) is 17.4 Å². The smallest absolute Gasteiger partial charge is 0.418 e. The third kappa shape index (κ3) is 5.27. The molecule has 198 valence electrons. The Morgan fingerprint density at radius 3 is 2.61 bits per heavy atom. The highest BCUT2D eigenvalue weighted by atomic mass is 19.4. The van der Waals surface area contributed by atoms with E-state index in [1.165, 1.54) is 36.7 Å². The van der Waals surface area contributed by atoms with Crippen molar-refractivity contribution in [2.45, 2.75) is 6.18 Å². The Kier molecular flexibility index (Phi) is 6.68. The Labute approximate surface area is 214 Å². The number of nitrogens with zero attached hydrogens (tertiary/aromatic N) is 4. The number of aromatic hydroxyl groups is 1. The number of halogens is 3. The van der Waals surface area contributed by atoms with Crippen LogP contribution < -0.4 is 20.3 Å². The van der Waals surface area contributed by atoms with E-state index in [2.05, 4.69) is 20.6 Å². The van der Waals surface area contributed by atoms with E-state index in [-0.39, 0.29) is 34.4 Å². The van der Waals surface area contributed by atoms with Crippen LogP contribution in [0.4, 0.5) is 35.0 Å². The molecular weight excluding hydrogens is 505 g/mol. The van der Waals surface area contributed by atoms with Crippen molar-refractivity contribution in [2.75, 3.05) is 41.8 Å². The minimum Gasteiger partial charge on any atom is -0.506 e. The Bertz CT molecular complexity index is 1480. The third-order valence-corrected chi connectivity index (χ3v) is 5.97. The number of phenols is 1. The summed E-state index contributed by atoms with van der Waals surface area (Å²) >= 11 is 0. The molecule has 3 N–H and O–H groups in total. The van der Waals surface area contributed by atoms with Gasteiger partial charge in [-0.15, -0.1) is 0 Å². The molecule has 1 aliphatic rings. The van der Waals surface area contributed by atoms with Gasteiger partial charge in [0.1, 0.15) is 23.3 Å². The second kappa shape index (κ2) is 10.1. The zero-order valence-electron chi connectivity index (χ0n) is 20.1. The molecule has 2 aromatic heterocycles. The minimum atomic E-state index is -4.62. The van der Waals surface area contributed by atoms with E-state index in [0.29, 0.717) is 37.3 Å². The third-order valence-electron chi connectivity index (χ3n) is 5.97. The van der Waals surface area contributed by atoms with Gasteiger partial charge in [0.05, 0.1) is 30.0 Å². The van der Waals surface area contributed by atoms with Gasteiger partial charge in [-0.05, 0) is 36.4 Å². The number of urea groups is 1. The molecule has 0 aliphatic carbocycles. The number of hydrogen-bond acceptors (Lipinski definition) is 7. The van der Waals surface area contributed by atoms with Gasteiger partial charge in [0.2, 0.25) is 5.88 Å². The number of carbonyl (C=O) groups excluding carboxylic acids is 1. The van der Waals surface area contributed by atoms with Gasteiger partial charge in [0.25, 0.3) is 0 Å². The zero-order valence-corrected chi connectivity index (χ0v) is 20.1. The summed E-state index contributed by atoms with van der Waals surface area (Å²) < 4.78 is 54.1.